The third-order valence-electron chi connectivity index (χ3n) is 2.38. The summed E-state index contributed by atoms with van der Waals surface area (Å²) in [5, 5.41) is 7.49. The summed E-state index contributed by atoms with van der Waals surface area (Å²) in [6.07, 6.45) is 7.30. The van der Waals surface area contributed by atoms with Crippen LogP contribution in [-0.2, 0) is 0 Å². The fourth-order valence-corrected chi connectivity index (χ4v) is 1.45. The van der Waals surface area contributed by atoms with Crippen molar-refractivity contribution < 1.29 is 0 Å². The number of hydrogen-bond acceptors (Lipinski definition) is 2. The van der Waals surface area contributed by atoms with E-state index >= 15 is 0 Å². The van der Waals surface area contributed by atoms with E-state index in [1.807, 2.05) is 17.9 Å². The van der Waals surface area contributed by atoms with Crippen molar-refractivity contribution in [2.24, 2.45) is 0 Å². The Kier molecular flexibility index (Phi) is 4.56. The lowest BCUT2D eigenvalue weighted by molar-refractivity contribution is 0.532. The van der Waals surface area contributed by atoms with Gasteiger partial charge in [0.05, 0.1) is 6.20 Å². The molecule has 1 aromatic rings. The largest absolute Gasteiger partial charge is 0.316 e. The lowest BCUT2D eigenvalue weighted by Crippen LogP contribution is -2.09. The van der Waals surface area contributed by atoms with Crippen LogP contribution >= 0.6 is 0 Å². The van der Waals surface area contributed by atoms with Crippen molar-refractivity contribution >= 4 is 6.08 Å². The summed E-state index contributed by atoms with van der Waals surface area (Å²) in [5.74, 6) is 0. The van der Waals surface area contributed by atoms with Crippen LogP contribution in [0.4, 0.5) is 0 Å². The average molecular weight is 207 g/mol. The molecule has 0 saturated heterocycles. The van der Waals surface area contributed by atoms with Crippen LogP contribution in [0.1, 0.15) is 38.8 Å². The highest BCUT2D eigenvalue weighted by atomic mass is 15.3. The van der Waals surface area contributed by atoms with Gasteiger partial charge >= 0.3 is 0 Å². The number of nitrogens with zero attached hydrogens (tertiary/aromatic N) is 2. The molecule has 0 amide bonds. The predicted molar refractivity (Wildman–Crippen MR) is 64.8 cm³/mol. The fraction of sp³-hybridized carbons (Fsp3) is 0.583. The Morgan fingerprint density at radius 1 is 1.60 bits per heavy atom. The molecule has 0 aromatic carbocycles. The molecule has 1 heterocycles. The van der Waals surface area contributed by atoms with Crippen molar-refractivity contribution in [3.05, 3.63) is 23.5 Å². The van der Waals surface area contributed by atoms with Gasteiger partial charge in [-0.2, -0.15) is 5.10 Å². The predicted octanol–water partition coefficient (Wildman–Crippen LogP) is 2.48. The van der Waals surface area contributed by atoms with Gasteiger partial charge in [0.2, 0.25) is 0 Å². The molecule has 0 aliphatic rings. The molecule has 3 nitrogen and oxygen atoms in total. The van der Waals surface area contributed by atoms with Crippen molar-refractivity contribution in [1.29, 1.82) is 0 Å². The molecule has 0 bridgehead atoms. The molecule has 84 valence electrons. The summed E-state index contributed by atoms with van der Waals surface area (Å²) in [4.78, 5) is 0. The van der Waals surface area contributed by atoms with Crippen molar-refractivity contribution in [3.8, 4) is 0 Å². The van der Waals surface area contributed by atoms with E-state index in [0.29, 0.717) is 6.04 Å². The molecule has 15 heavy (non-hydrogen) atoms. The third kappa shape index (κ3) is 3.51. The molecular formula is C12H21N3. The number of hydrogen-bond donors (Lipinski definition) is 1. The highest BCUT2D eigenvalue weighted by molar-refractivity contribution is 5.51. The van der Waals surface area contributed by atoms with E-state index < -0.39 is 0 Å². The van der Waals surface area contributed by atoms with Gasteiger partial charge in [0, 0.05) is 24.3 Å². The fourth-order valence-electron chi connectivity index (χ4n) is 1.45. The van der Waals surface area contributed by atoms with Gasteiger partial charge in [0.15, 0.2) is 0 Å². The minimum Gasteiger partial charge on any atom is -0.316 e. The van der Waals surface area contributed by atoms with Gasteiger partial charge in [0.25, 0.3) is 0 Å². The SMILES string of the molecule is CCC(=Cc1cnn(C(C)C)c1)CNC. The Labute approximate surface area is 92.2 Å². The minimum absolute atomic E-state index is 0.432. The van der Waals surface area contributed by atoms with E-state index in [4.69, 9.17) is 0 Å². The molecule has 1 rings (SSSR count). The molecule has 1 N–H and O–H groups in total. The number of aromatic nitrogens is 2. The maximum Gasteiger partial charge on any atom is 0.0562 e. The Hall–Kier alpha value is -1.09. The van der Waals surface area contributed by atoms with Crippen LogP contribution in [0.5, 0.6) is 0 Å². The van der Waals surface area contributed by atoms with Crippen LogP contribution < -0.4 is 5.32 Å². The lowest BCUT2D eigenvalue weighted by Gasteiger charge is -2.03. The standard InChI is InChI=1S/C12H21N3/c1-5-11(7-13-4)6-12-8-14-15(9-12)10(2)3/h6,8-10,13H,5,7H2,1-4H3. The molecule has 0 spiro atoms. The monoisotopic (exact) mass is 207 g/mol. The van der Waals surface area contributed by atoms with Crippen LogP contribution in [0.15, 0.2) is 18.0 Å². The van der Waals surface area contributed by atoms with E-state index in [1.54, 1.807) is 0 Å². The first-order chi connectivity index (χ1) is 7.17. The van der Waals surface area contributed by atoms with Crippen LogP contribution in [-0.4, -0.2) is 23.4 Å². The molecule has 0 aliphatic heterocycles. The minimum atomic E-state index is 0.432. The maximum absolute atomic E-state index is 4.31. The lowest BCUT2D eigenvalue weighted by atomic mass is 10.1. The summed E-state index contributed by atoms with van der Waals surface area (Å²) < 4.78 is 1.98. The Bertz CT molecular complexity index is 323. The smallest absolute Gasteiger partial charge is 0.0562 e. The van der Waals surface area contributed by atoms with Crippen LogP contribution in [0, 0.1) is 0 Å². The van der Waals surface area contributed by atoms with Gasteiger partial charge in [-0.3, -0.25) is 4.68 Å². The second kappa shape index (κ2) is 5.71. The van der Waals surface area contributed by atoms with Crippen LogP contribution in [0.3, 0.4) is 0 Å². The molecule has 0 atom stereocenters. The number of nitrogens with one attached hydrogen (secondary N) is 1. The molecule has 3 heteroatoms. The zero-order chi connectivity index (χ0) is 11.3. The van der Waals surface area contributed by atoms with E-state index in [0.717, 1.165) is 13.0 Å². The topological polar surface area (TPSA) is 29.9 Å². The number of rotatable bonds is 5. The van der Waals surface area contributed by atoms with Gasteiger partial charge in [-0.25, -0.2) is 0 Å². The molecule has 0 aliphatic carbocycles. The van der Waals surface area contributed by atoms with Gasteiger partial charge < -0.3 is 5.32 Å². The third-order valence-corrected chi connectivity index (χ3v) is 2.38. The summed E-state index contributed by atoms with van der Waals surface area (Å²) in [7, 11) is 1.97. The Morgan fingerprint density at radius 3 is 2.80 bits per heavy atom. The first kappa shape index (κ1) is 12.0. The molecule has 0 radical (unpaired) electrons. The molecule has 0 fully saturated rings. The zero-order valence-electron chi connectivity index (χ0n) is 10.1. The van der Waals surface area contributed by atoms with Gasteiger partial charge in [0.1, 0.15) is 0 Å². The summed E-state index contributed by atoms with van der Waals surface area (Å²) >= 11 is 0. The highest BCUT2D eigenvalue weighted by Crippen LogP contribution is 2.10. The van der Waals surface area contributed by atoms with Crippen LogP contribution in [0.2, 0.25) is 0 Å². The zero-order valence-corrected chi connectivity index (χ0v) is 10.1. The first-order valence-electron chi connectivity index (χ1n) is 5.55. The quantitative estimate of drug-likeness (QED) is 0.804. The van der Waals surface area contributed by atoms with Gasteiger partial charge in [-0.05, 0) is 27.3 Å². The van der Waals surface area contributed by atoms with Crippen molar-refractivity contribution in [1.82, 2.24) is 15.1 Å². The van der Waals surface area contributed by atoms with E-state index in [-0.39, 0.29) is 0 Å². The Morgan fingerprint density at radius 2 is 2.33 bits per heavy atom. The second-order valence-corrected chi connectivity index (χ2v) is 4.03. The summed E-state index contributed by atoms with van der Waals surface area (Å²) in [6, 6.07) is 0.432. The van der Waals surface area contributed by atoms with Gasteiger partial charge in [-0.15, -0.1) is 0 Å². The van der Waals surface area contributed by atoms with Crippen molar-refractivity contribution in [2.75, 3.05) is 13.6 Å². The van der Waals surface area contributed by atoms with Gasteiger partial charge in [-0.1, -0.05) is 18.6 Å². The van der Waals surface area contributed by atoms with E-state index in [2.05, 4.69) is 43.5 Å². The highest BCUT2D eigenvalue weighted by Gasteiger charge is 2.00. The normalized spacial score (nSPS) is 12.5. The molecule has 0 saturated carbocycles. The van der Waals surface area contributed by atoms with Crippen molar-refractivity contribution in [2.45, 2.75) is 33.2 Å². The Balaban J connectivity index is 2.77. The molecular weight excluding hydrogens is 186 g/mol. The molecule has 1 aromatic heterocycles. The maximum atomic E-state index is 4.31. The summed E-state index contributed by atoms with van der Waals surface area (Å²) in [5.41, 5.74) is 2.59. The van der Waals surface area contributed by atoms with E-state index in [9.17, 15) is 0 Å². The van der Waals surface area contributed by atoms with Crippen LogP contribution in [0.25, 0.3) is 6.08 Å². The summed E-state index contributed by atoms with van der Waals surface area (Å²) in [6.45, 7) is 7.39. The van der Waals surface area contributed by atoms with Crippen molar-refractivity contribution in [3.63, 3.8) is 0 Å². The first-order valence-corrected chi connectivity index (χ1v) is 5.55. The van der Waals surface area contributed by atoms with E-state index in [1.165, 1.54) is 11.1 Å². The average Bonchev–Trinajstić information content (AvgIpc) is 2.65. The molecule has 0 unspecified atom stereocenters. The number of likely N-dealkylation sites (N-methyl/N-ethyl adjacent to an activating group) is 1. The second-order valence-electron chi connectivity index (χ2n) is 4.03.